The Bertz CT molecular complexity index is 461. The molecule has 5 nitrogen and oxygen atoms in total. The maximum Gasteiger partial charge on any atom is 0.320 e. The standard InChI is InChI=1S/C14H19N3O2/c1-11(17-9-8-16(2)14(17)19)13(18)15-10-12-6-4-3-5-7-12/h3-7,11H,8-10H2,1-2H3,(H,15,18). The molecule has 19 heavy (non-hydrogen) atoms. The Labute approximate surface area is 113 Å². The molecule has 1 aromatic carbocycles. The minimum absolute atomic E-state index is 0.0811. The Morgan fingerprint density at radius 1 is 1.32 bits per heavy atom. The number of amides is 3. The number of benzene rings is 1. The van der Waals surface area contributed by atoms with E-state index in [9.17, 15) is 9.59 Å². The maximum absolute atomic E-state index is 12.0. The largest absolute Gasteiger partial charge is 0.350 e. The first-order valence-corrected chi connectivity index (χ1v) is 6.43. The molecule has 3 amide bonds. The van der Waals surface area contributed by atoms with Crippen molar-refractivity contribution in [3.05, 3.63) is 35.9 Å². The van der Waals surface area contributed by atoms with E-state index in [2.05, 4.69) is 5.32 Å². The number of carbonyl (C=O) groups is 2. The second kappa shape index (κ2) is 5.73. The third kappa shape index (κ3) is 3.05. The smallest absolute Gasteiger partial charge is 0.320 e. The summed E-state index contributed by atoms with van der Waals surface area (Å²) in [5.41, 5.74) is 1.05. The fourth-order valence-electron chi connectivity index (χ4n) is 2.10. The summed E-state index contributed by atoms with van der Waals surface area (Å²) in [4.78, 5) is 27.1. The predicted molar refractivity (Wildman–Crippen MR) is 72.5 cm³/mol. The number of rotatable bonds is 4. The van der Waals surface area contributed by atoms with E-state index in [4.69, 9.17) is 0 Å². The van der Waals surface area contributed by atoms with Gasteiger partial charge in [0.15, 0.2) is 0 Å². The van der Waals surface area contributed by atoms with Crippen LogP contribution in [0.2, 0.25) is 0 Å². The zero-order valence-corrected chi connectivity index (χ0v) is 11.3. The van der Waals surface area contributed by atoms with Crippen LogP contribution in [-0.2, 0) is 11.3 Å². The summed E-state index contributed by atoms with van der Waals surface area (Å²) in [6.45, 7) is 3.53. The lowest BCUT2D eigenvalue weighted by atomic mass is 10.2. The van der Waals surface area contributed by atoms with E-state index >= 15 is 0 Å². The molecule has 0 spiro atoms. The second-order valence-electron chi connectivity index (χ2n) is 4.78. The van der Waals surface area contributed by atoms with Crippen molar-refractivity contribution in [2.45, 2.75) is 19.5 Å². The Balaban J connectivity index is 1.88. The average Bonchev–Trinajstić information content (AvgIpc) is 2.77. The highest BCUT2D eigenvalue weighted by Gasteiger charge is 2.32. The summed E-state index contributed by atoms with van der Waals surface area (Å²) in [7, 11) is 1.75. The van der Waals surface area contributed by atoms with Crippen LogP contribution in [0.25, 0.3) is 0 Å². The Morgan fingerprint density at radius 2 is 2.00 bits per heavy atom. The van der Waals surface area contributed by atoms with E-state index in [-0.39, 0.29) is 11.9 Å². The van der Waals surface area contributed by atoms with Gasteiger partial charge in [0, 0.05) is 26.7 Å². The second-order valence-corrected chi connectivity index (χ2v) is 4.78. The summed E-state index contributed by atoms with van der Waals surface area (Å²) in [5.74, 6) is -0.118. The molecule has 1 saturated heterocycles. The van der Waals surface area contributed by atoms with Crippen molar-refractivity contribution < 1.29 is 9.59 Å². The quantitative estimate of drug-likeness (QED) is 0.881. The highest BCUT2D eigenvalue weighted by molar-refractivity contribution is 5.87. The number of hydrogen-bond acceptors (Lipinski definition) is 2. The van der Waals surface area contributed by atoms with Gasteiger partial charge in [0.25, 0.3) is 0 Å². The summed E-state index contributed by atoms with van der Waals surface area (Å²) in [6.07, 6.45) is 0. The van der Waals surface area contributed by atoms with Crippen LogP contribution in [0.3, 0.4) is 0 Å². The minimum Gasteiger partial charge on any atom is -0.350 e. The average molecular weight is 261 g/mol. The van der Waals surface area contributed by atoms with E-state index in [0.29, 0.717) is 19.6 Å². The van der Waals surface area contributed by atoms with Gasteiger partial charge in [-0.3, -0.25) is 4.79 Å². The molecule has 1 fully saturated rings. The molecule has 2 rings (SSSR count). The number of urea groups is 1. The van der Waals surface area contributed by atoms with Crippen LogP contribution < -0.4 is 5.32 Å². The summed E-state index contributed by atoms with van der Waals surface area (Å²) >= 11 is 0. The van der Waals surface area contributed by atoms with Crippen molar-refractivity contribution in [3.63, 3.8) is 0 Å². The molecular weight excluding hydrogens is 242 g/mol. The topological polar surface area (TPSA) is 52.7 Å². The SMILES string of the molecule is CC(C(=O)NCc1ccccc1)N1CCN(C)C1=O. The first-order valence-electron chi connectivity index (χ1n) is 6.43. The molecule has 0 saturated carbocycles. The van der Waals surface area contributed by atoms with Gasteiger partial charge in [0.1, 0.15) is 6.04 Å². The maximum atomic E-state index is 12.0. The van der Waals surface area contributed by atoms with Crippen LogP contribution in [0.15, 0.2) is 30.3 Å². The van der Waals surface area contributed by atoms with Crippen LogP contribution in [0, 0.1) is 0 Å². The molecule has 0 aliphatic carbocycles. The lowest BCUT2D eigenvalue weighted by molar-refractivity contribution is -0.124. The van der Waals surface area contributed by atoms with Crippen molar-refractivity contribution in [1.29, 1.82) is 0 Å². The summed E-state index contributed by atoms with van der Waals surface area (Å²) in [5, 5.41) is 2.86. The van der Waals surface area contributed by atoms with Crippen LogP contribution in [0.5, 0.6) is 0 Å². The van der Waals surface area contributed by atoms with Gasteiger partial charge in [0.05, 0.1) is 0 Å². The molecule has 0 radical (unpaired) electrons. The summed E-state index contributed by atoms with van der Waals surface area (Å²) < 4.78 is 0. The molecule has 0 bridgehead atoms. The van der Waals surface area contributed by atoms with E-state index < -0.39 is 6.04 Å². The van der Waals surface area contributed by atoms with Gasteiger partial charge in [-0.05, 0) is 12.5 Å². The molecule has 1 heterocycles. The van der Waals surface area contributed by atoms with E-state index in [1.807, 2.05) is 30.3 Å². The first kappa shape index (κ1) is 13.4. The number of hydrogen-bond donors (Lipinski definition) is 1. The summed E-state index contributed by atoms with van der Waals surface area (Å²) in [6, 6.07) is 9.21. The molecular formula is C14H19N3O2. The molecule has 1 atom stereocenters. The van der Waals surface area contributed by atoms with E-state index in [1.54, 1.807) is 23.8 Å². The molecule has 0 aromatic heterocycles. The molecule has 1 N–H and O–H groups in total. The van der Waals surface area contributed by atoms with Crippen LogP contribution in [0.4, 0.5) is 4.79 Å². The minimum atomic E-state index is -0.429. The third-order valence-corrected chi connectivity index (χ3v) is 3.41. The van der Waals surface area contributed by atoms with Crippen molar-refractivity contribution in [2.24, 2.45) is 0 Å². The Hall–Kier alpha value is -2.04. The molecule has 1 aromatic rings. The van der Waals surface area contributed by atoms with Crippen molar-refractivity contribution in [1.82, 2.24) is 15.1 Å². The molecule has 102 valence electrons. The number of nitrogens with one attached hydrogen (secondary N) is 1. The van der Waals surface area contributed by atoms with Gasteiger partial charge in [-0.1, -0.05) is 30.3 Å². The lowest BCUT2D eigenvalue weighted by Crippen LogP contribution is -2.46. The third-order valence-electron chi connectivity index (χ3n) is 3.41. The molecule has 1 aliphatic rings. The van der Waals surface area contributed by atoms with Crippen molar-refractivity contribution in [2.75, 3.05) is 20.1 Å². The van der Waals surface area contributed by atoms with Gasteiger partial charge in [0.2, 0.25) is 5.91 Å². The predicted octanol–water partition coefficient (Wildman–Crippen LogP) is 1.06. The van der Waals surface area contributed by atoms with Crippen LogP contribution >= 0.6 is 0 Å². The van der Waals surface area contributed by atoms with Gasteiger partial charge >= 0.3 is 6.03 Å². The van der Waals surface area contributed by atoms with E-state index in [1.165, 1.54) is 0 Å². The Kier molecular flexibility index (Phi) is 4.04. The number of likely N-dealkylation sites (N-methyl/N-ethyl adjacent to an activating group) is 1. The van der Waals surface area contributed by atoms with Gasteiger partial charge < -0.3 is 15.1 Å². The first-order chi connectivity index (χ1) is 9.09. The van der Waals surface area contributed by atoms with Gasteiger partial charge in [-0.25, -0.2) is 4.79 Å². The van der Waals surface area contributed by atoms with E-state index in [0.717, 1.165) is 5.56 Å². The van der Waals surface area contributed by atoms with Gasteiger partial charge in [-0.2, -0.15) is 0 Å². The zero-order valence-electron chi connectivity index (χ0n) is 11.3. The zero-order chi connectivity index (χ0) is 13.8. The van der Waals surface area contributed by atoms with Crippen molar-refractivity contribution >= 4 is 11.9 Å². The fraction of sp³-hybridized carbons (Fsp3) is 0.429. The molecule has 1 unspecified atom stereocenters. The van der Waals surface area contributed by atoms with Crippen LogP contribution in [0.1, 0.15) is 12.5 Å². The monoisotopic (exact) mass is 261 g/mol. The lowest BCUT2D eigenvalue weighted by Gasteiger charge is -2.23. The molecule has 1 aliphatic heterocycles. The Morgan fingerprint density at radius 3 is 2.58 bits per heavy atom. The number of nitrogens with zero attached hydrogens (tertiary/aromatic N) is 2. The normalized spacial score (nSPS) is 16.6. The van der Waals surface area contributed by atoms with Crippen LogP contribution in [-0.4, -0.2) is 47.9 Å². The highest BCUT2D eigenvalue weighted by atomic mass is 16.2. The van der Waals surface area contributed by atoms with Gasteiger partial charge in [-0.15, -0.1) is 0 Å². The highest BCUT2D eigenvalue weighted by Crippen LogP contribution is 2.10. The molecule has 5 heteroatoms. The number of carbonyl (C=O) groups excluding carboxylic acids is 2. The van der Waals surface area contributed by atoms with Crippen molar-refractivity contribution in [3.8, 4) is 0 Å². The fourth-order valence-corrected chi connectivity index (χ4v) is 2.10.